The molecule has 0 aliphatic rings. The molecule has 0 fully saturated rings. The second kappa shape index (κ2) is 5.77. The molecule has 0 radical (unpaired) electrons. The Morgan fingerprint density at radius 3 is 2.89 bits per heavy atom. The summed E-state index contributed by atoms with van der Waals surface area (Å²) in [6.45, 7) is 0.512. The first-order valence-corrected chi connectivity index (χ1v) is 5.46. The number of rotatable bonds is 4. The van der Waals surface area contributed by atoms with Crippen LogP contribution in [-0.2, 0) is 6.54 Å². The van der Waals surface area contributed by atoms with E-state index in [4.69, 9.17) is 4.74 Å². The van der Waals surface area contributed by atoms with Gasteiger partial charge >= 0.3 is 0 Å². The Bertz CT molecular complexity index is 591. The number of nitrogens with zero attached hydrogens (tertiary/aromatic N) is 2. The molecular formula is C13H13N3O2. The SMILES string of the molecule is COc1nc[nH]c(=O)c1C=NCc1ccccc1. The van der Waals surface area contributed by atoms with Gasteiger partial charge in [0, 0.05) is 6.21 Å². The number of hydrogen-bond donors (Lipinski definition) is 1. The van der Waals surface area contributed by atoms with Gasteiger partial charge in [-0.1, -0.05) is 30.3 Å². The lowest BCUT2D eigenvalue weighted by atomic mass is 10.2. The molecule has 2 aromatic rings. The van der Waals surface area contributed by atoms with Crippen LogP contribution in [0.2, 0.25) is 0 Å². The monoisotopic (exact) mass is 243 g/mol. The molecule has 0 aliphatic carbocycles. The maximum absolute atomic E-state index is 11.6. The minimum absolute atomic E-state index is 0.265. The number of aromatic amines is 1. The van der Waals surface area contributed by atoms with Crippen molar-refractivity contribution in [3.05, 3.63) is 58.1 Å². The summed E-state index contributed by atoms with van der Waals surface area (Å²) >= 11 is 0. The van der Waals surface area contributed by atoms with Gasteiger partial charge in [-0.15, -0.1) is 0 Å². The lowest BCUT2D eigenvalue weighted by Crippen LogP contribution is -2.14. The van der Waals surface area contributed by atoms with Gasteiger partial charge in [-0.2, -0.15) is 0 Å². The summed E-state index contributed by atoms with van der Waals surface area (Å²) in [5.41, 5.74) is 1.14. The van der Waals surface area contributed by atoms with E-state index in [0.717, 1.165) is 5.56 Å². The quantitative estimate of drug-likeness (QED) is 0.825. The number of nitrogens with one attached hydrogen (secondary N) is 1. The summed E-state index contributed by atoms with van der Waals surface area (Å²) in [6.07, 6.45) is 2.79. The zero-order valence-corrected chi connectivity index (χ0v) is 9.96. The zero-order chi connectivity index (χ0) is 12.8. The van der Waals surface area contributed by atoms with Crippen LogP contribution in [0.4, 0.5) is 0 Å². The molecule has 0 saturated heterocycles. The molecular weight excluding hydrogens is 230 g/mol. The fourth-order valence-corrected chi connectivity index (χ4v) is 1.50. The van der Waals surface area contributed by atoms with Crippen LogP contribution in [0, 0.1) is 0 Å². The van der Waals surface area contributed by atoms with Crippen molar-refractivity contribution in [3.63, 3.8) is 0 Å². The van der Waals surface area contributed by atoms with Crippen molar-refractivity contribution in [2.45, 2.75) is 6.54 Å². The van der Waals surface area contributed by atoms with Gasteiger partial charge in [0.2, 0.25) is 5.88 Å². The molecule has 0 atom stereocenters. The van der Waals surface area contributed by atoms with E-state index in [1.54, 1.807) is 0 Å². The Hall–Kier alpha value is -2.43. The van der Waals surface area contributed by atoms with Crippen molar-refractivity contribution in [2.75, 3.05) is 7.11 Å². The molecule has 2 rings (SSSR count). The van der Waals surface area contributed by atoms with Gasteiger partial charge in [0.25, 0.3) is 5.56 Å². The first-order chi connectivity index (χ1) is 8.81. The van der Waals surface area contributed by atoms with Crippen molar-refractivity contribution < 1.29 is 4.74 Å². The third kappa shape index (κ3) is 2.82. The van der Waals surface area contributed by atoms with Gasteiger partial charge in [-0.3, -0.25) is 9.79 Å². The third-order valence-corrected chi connectivity index (χ3v) is 2.38. The van der Waals surface area contributed by atoms with E-state index in [9.17, 15) is 4.79 Å². The molecule has 0 aliphatic heterocycles. The lowest BCUT2D eigenvalue weighted by molar-refractivity contribution is 0.395. The first-order valence-electron chi connectivity index (χ1n) is 5.46. The van der Waals surface area contributed by atoms with Crippen molar-refractivity contribution in [1.82, 2.24) is 9.97 Å². The molecule has 1 aromatic carbocycles. The second-order valence-electron chi connectivity index (χ2n) is 3.61. The molecule has 0 unspecified atom stereocenters. The van der Waals surface area contributed by atoms with Crippen LogP contribution in [0.25, 0.3) is 0 Å². The topological polar surface area (TPSA) is 67.3 Å². The number of hydrogen-bond acceptors (Lipinski definition) is 4. The van der Waals surface area contributed by atoms with Crippen LogP contribution in [0.1, 0.15) is 11.1 Å². The fourth-order valence-electron chi connectivity index (χ4n) is 1.50. The van der Waals surface area contributed by atoms with Crippen molar-refractivity contribution in [3.8, 4) is 5.88 Å². The number of benzene rings is 1. The highest BCUT2D eigenvalue weighted by Crippen LogP contribution is 2.06. The summed E-state index contributed by atoms with van der Waals surface area (Å²) in [5.74, 6) is 0.274. The molecule has 92 valence electrons. The molecule has 18 heavy (non-hydrogen) atoms. The molecule has 0 amide bonds. The van der Waals surface area contributed by atoms with E-state index in [1.165, 1.54) is 19.7 Å². The van der Waals surface area contributed by atoms with Crippen LogP contribution in [0.5, 0.6) is 5.88 Å². The summed E-state index contributed by atoms with van der Waals surface area (Å²) in [5, 5.41) is 0. The molecule has 0 spiro atoms. The minimum atomic E-state index is -0.265. The molecule has 5 heteroatoms. The predicted molar refractivity (Wildman–Crippen MR) is 69.1 cm³/mol. The molecule has 0 bridgehead atoms. The van der Waals surface area contributed by atoms with Gasteiger partial charge in [-0.05, 0) is 5.56 Å². The van der Waals surface area contributed by atoms with E-state index in [1.807, 2.05) is 30.3 Å². The zero-order valence-electron chi connectivity index (χ0n) is 9.96. The number of H-pyrrole nitrogens is 1. The first kappa shape index (κ1) is 12.0. The Balaban J connectivity index is 2.17. The molecule has 5 nitrogen and oxygen atoms in total. The average molecular weight is 243 g/mol. The number of methoxy groups -OCH3 is 1. The summed E-state index contributed by atoms with van der Waals surface area (Å²) in [4.78, 5) is 22.2. The highest BCUT2D eigenvalue weighted by atomic mass is 16.5. The minimum Gasteiger partial charge on any atom is -0.480 e. The van der Waals surface area contributed by atoms with Gasteiger partial charge in [0.15, 0.2) is 0 Å². The van der Waals surface area contributed by atoms with E-state index in [0.29, 0.717) is 12.1 Å². The van der Waals surface area contributed by atoms with Gasteiger partial charge in [0.1, 0.15) is 5.56 Å². The molecule has 1 heterocycles. The van der Waals surface area contributed by atoms with E-state index < -0.39 is 0 Å². The summed E-state index contributed by atoms with van der Waals surface area (Å²) < 4.78 is 5.01. The molecule has 1 N–H and O–H groups in total. The molecule has 1 aromatic heterocycles. The van der Waals surface area contributed by atoms with E-state index in [2.05, 4.69) is 15.0 Å². The number of aromatic nitrogens is 2. The number of aliphatic imine (C=N–C) groups is 1. The standard InChI is InChI=1S/C13H13N3O2/c1-18-13-11(12(17)15-9-16-13)8-14-7-10-5-3-2-4-6-10/h2-6,8-9H,7H2,1H3,(H,15,16,17). The Morgan fingerprint density at radius 2 is 2.17 bits per heavy atom. The van der Waals surface area contributed by atoms with Crippen LogP contribution in [0.3, 0.4) is 0 Å². The van der Waals surface area contributed by atoms with Crippen LogP contribution in [0.15, 0.2) is 46.4 Å². The van der Waals surface area contributed by atoms with Crippen LogP contribution in [-0.4, -0.2) is 23.3 Å². The normalized spacial score (nSPS) is 10.7. The Morgan fingerprint density at radius 1 is 1.39 bits per heavy atom. The van der Waals surface area contributed by atoms with Gasteiger partial charge in [-0.25, -0.2) is 4.98 Å². The average Bonchev–Trinajstić information content (AvgIpc) is 2.41. The molecule has 0 saturated carbocycles. The largest absolute Gasteiger partial charge is 0.480 e. The van der Waals surface area contributed by atoms with Gasteiger partial charge in [0.05, 0.1) is 20.0 Å². The van der Waals surface area contributed by atoms with Crippen molar-refractivity contribution in [2.24, 2.45) is 4.99 Å². The van der Waals surface area contributed by atoms with E-state index >= 15 is 0 Å². The highest BCUT2D eigenvalue weighted by molar-refractivity contribution is 5.81. The highest BCUT2D eigenvalue weighted by Gasteiger charge is 2.05. The summed E-state index contributed by atoms with van der Waals surface area (Å²) in [6, 6.07) is 9.79. The van der Waals surface area contributed by atoms with Crippen LogP contribution < -0.4 is 10.3 Å². The Kier molecular flexibility index (Phi) is 3.86. The maximum atomic E-state index is 11.6. The third-order valence-electron chi connectivity index (χ3n) is 2.38. The van der Waals surface area contributed by atoms with E-state index in [-0.39, 0.29) is 11.4 Å². The number of ether oxygens (including phenoxy) is 1. The van der Waals surface area contributed by atoms with Crippen LogP contribution >= 0.6 is 0 Å². The fraction of sp³-hybridized carbons (Fsp3) is 0.154. The summed E-state index contributed by atoms with van der Waals surface area (Å²) in [7, 11) is 1.47. The van der Waals surface area contributed by atoms with Crippen molar-refractivity contribution >= 4 is 6.21 Å². The van der Waals surface area contributed by atoms with Crippen molar-refractivity contribution in [1.29, 1.82) is 0 Å². The smallest absolute Gasteiger partial charge is 0.263 e. The predicted octanol–water partition coefficient (Wildman–Crippen LogP) is 1.40. The second-order valence-corrected chi connectivity index (χ2v) is 3.61. The Labute approximate surface area is 104 Å². The maximum Gasteiger partial charge on any atom is 0.263 e. The lowest BCUT2D eigenvalue weighted by Gasteiger charge is -2.00. The van der Waals surface area contributed by atoms with Gasteiger partial charge < -0.3 is 9.72 Å².